The lowest BCUT2D eigenvalue weighted by Crippen LogP contribution is -2.37. The number of anilines is 2. The lowest BCUT2D eigenvalue weighted by Gasteiger charge is -2.32. The van der Waals surface area contributed by atoms with Crippen LogP contribution in [0.5, 0.6) is 0 Å². The number of rotatable bonds is 4. The van der Waals surface area contributed by atoms with Crippen molar-refractivity contribution in [2.45, 2.75) is 25.5 Å². The zero-order chi connectivity index (χ0) is 14.7. The van der Waals surface area contributed by atoms with Crippen molar-refractivity contribution in [2.24, 2.45) is 0 Å². The molecule has 0 aliphatic carbocycles. The molecule has 5 heteroatoms. The molecular weight excluding hydrogens is 280 g/mol. The topological polar surface area (TPSA) is 41.1 Å². The van der Waals surface area contributed by atoms with Crippen molar-refractivity contribution >= 4 is 34.4 Å². The number of benzene rings is 1. The van der Waals surface area contributed by atoms with Crippen LogP contribution in [0.2, 0.25) is 0 Å². The molecule has 1 aliphatic heterocycles. The van der Waals surface area contributed by atoms with E-state index in [-0.39, 0.29) is 0 Å². The molecule has 1 fully saturated rings. The van der Waals surface area contributed by atoms with E-state index in [1.54, 1.807) is 0 Å². The third-order valence-corrected chi connectivity index (χ3v) is 4.79. The molecule has 2 heterocycles. The van der Waals surface area contributed by atoms with E-state index >= 15 is 0 Å². The van der Waals surface area contributed by atoms with Crippen LogP contribution in [-0.2, 0) is 0 Å². The molecule has 0 saturated carbocycles. The molecule has 1 aromatic carbocycles. The summed E-state index contributed by atoms with van der Waals surface area (Å²) in [4.78, 5) is 11.8. The van der Waals surface area contributed by atoms with Gasteiger partial charge in [0, 0.05) is 36.0 Å². The Morgan fingerprint density at radius 1 is 1.33 bits per heavy atom. The highest BCUT2D eigenvalue weighted by molar-refractivity contribution is 8.00. The zero-order valence-electron chi connectivity index (χ0n) is 12.7. The number of hydrogen-bond acceptors (Lipinski definition) is 5. The third-order valence-electron chi connectivity index (χ3n) is 3.66. The van der Waals surface area contributed by atoms with Crippen molar-refractivity contribution in [3.8, 4) is 0 Å². The van der Waals surface area contributed by atoms with Crippen molar-refractivity contribution in [3.05, 3.63) is 24.3 Å². The Kier molecular flexibility index (Phi) is 4.48. The molecule has 4 nitrogen and oxygen atoms in total. The average Bonchev–Trinajstić information content (AvgIpc) is 2.52. The number of fused-ring (bicyclic) bond motifs is 1. The highest BCUT2D eigenvalue weighted by Crippen LogP contribution is 2.29. The van der Waals surface area contributed by atoms with Gasteiger partial charge in [0.15, 0.2) is 0 Å². The van der Waals surface area contributed by atoms with Crippen molar-refractivity contribution in [1.82, 2.24) is 9.97 Å². The number of nitrogens with one attached hydrogen (secondary N) is 1. The zero-order valence-corrected chi connectivity index (χ0v) is 13.5. The Hall–Kier alpha value is -1.49. The minimum absolute atomic E-state index is 0.652. The van der Waals surface area contributed by atoms with Crippen LogP contribution in [0.1, 0.15) is 20.3 Å². The Morgan fingerprint density at radius 2 is 2.19 bits per heavy atom. The highest BCUT2D eigenvalue weighted by Gasteiger charge is 2.20. The summed E-state index contributed by atoms with van der Waals surface area (Å²) in [5.74, 6) is 2.99. The molecule has 112 valence electrons. The van der Waals surface area contributed by atoms with Gasteiger partial charge in [0.05, 0.1) is 5.52 Å². The molecule has 1 aliphatic rings. The van der Waals surface area contributed by atoms with Gasteiger partial charge in [-0.25, -0.2) is 4.98 Å². The molecule has 0 radical (unpaired) electrons. The Bertz CT molecular complexity index is 616. The van der Waals surface area contributed by atoms with Gasteiger partial charge >= 0.3 is 0 Å². The quantitative estimate of drug-likeness (QED) is 0.937. The Labute approximate surface area is 130 Å². The fourth-order valence-electron chi connectivity index (χ4n) is 2.63. The first kappa shape index (κ1) is 14.4. The van der Waals surface area contributed by atoms with Gasteiger partial charge in [-0.3, -0.25) is 0 Å². The second kappa shape index (κ2) is 6.52. The summed E-state index contributed by atoms with van der Waals surface area (Å²) in [6.07, 6.45) is 1.07. The summed E-state index contributed by atoms with van der Waals surface area (Å²) in [6.45, 7) is 7.46. The number of thioether (sulfide) groups is 1. The second-order valence-corrected chi connectivity index (χ2v) is 6.99. The maximum atomic E-state index is 4.79. The number of nitrogens with zero attached hydrogens (tertiary/aromatic N) is 3. The fourth-order valence-corrected chi connectivity index (χ4v) is 3.64. The van der Waals surface area contributed by atoms with E-state index in [1.165, 1.54) is 0 Å². The second-order valence-electron chi connectivity index (χ2n) is 5.44. The first-order valence-corrected chi connectivity index (χ1v) is 8.70. The highest BCUT2D eigenvalue weighted by atomic mass is 32.2. The van der Waals surface area contributed by atoms with Crippen LogP contribution in [0.25, 0.3) is 10.9 Å². The predicted molar refractivity (Wildman–Crippen MR) is 92.5 cm³/mol. The van der Waals surface area contributed by atoms with Crippen molar-refractivity contribution in [1.29, 1.82) is 0 Å². The van der Waals surface area contributed by atoms with Crippen LogP contribution >= 0.6 is 11.8 Å². The molecule has 21 heavy (non-hydrogen) atoms. The first-order chi connectivity index (χ1) is 10.3. The van der Waals surface area contributed by atoms with Crippen molar-refractivity contribution in [3.63, 3.8) is 0 Å². The van der Waals surface area contributed by atoms with E-state index < -0.39 is 0 Å². The summed E-state index contributed by atoms with van der Waals surface area (Å²) in [6, 6.07) is 8.30. The summed E-state index contributed by atoms with van der Waals surface area (Å²) in [5.41, 5.74) is 1.02. The van der Waals surface area contributed by atoms with Crippen LogP contribution in [-0.4, -0.2) is 40.6 Å². The Morgan fingerprint density at radius 3 is 3.00 bits per heavy atom. The largest absolute Gasteiger partial charge is 0.354 e. The molecule has 1 unspecified atom stereocenters. The number of para-hydroxylation sites is 1. The molecule has 1 N–H and O–H groups in total. The van der Waals surface area contributed by atoms with Crippen LogP contribution in [0.15, 0.2) is 24.3 Å². The van der Waals surface area contributed by atoms with Gasteiger partial charge in [-0.2, -0.15) is 16.7 Å². The molecule has 1 atom stereocenters. The van der Waals surface area contributed by atoms with Crippen molar-refractivity contribution in [2.75, 3.05) is 35.6 Å². The van der Waals surface area contributed by atoms with Gasteiger partial charge in [0.2, 0.25) is 5.95 Å². The SMILES string of the molecule is CCCNc1nc(N2CCSC(C)C2)c2ccccc2n1. The van der Waals surface area contributed by atoms with E-state index in [9.17, 15) is 0 Å². The van der Waals surface area contributed by atoms with Crippen LogP contribution in [0, 0.1) is 0 Å². The smallest absolute Gasteiger partial charge is 0.225 e. The van der Waals surface area contributed by atoms with Crippen LogP contribution < -0.4 is 10.2 Å². The van der Waals surface area contributed by atoms with Crippen molar-refractivity contribution < 1.29 is 0 Å². The molecule has 0 bridgehead atoms. The molecule has 0 amide bonds. The molecular formula is C16H22N4S. The standard InChI is InChI=1S/C16H22N4S/c1-3-8-17-16-18-14-7-5-4-6-13(14)15(19-16)20-9-10-21-12(2)11-20/h4-7,12H,3,8-11H2,1-2H3,(H,17,18,19). The van der Waals surface area contributed by atoms with E-state index in [0.717, 1.165) is 54.5 Å². The summed E-state index contributed by atoms with van der Waals surface area (Å²) in [7, 11) is 0. The Balaban J connectivity index is 2.01. The van der Waals surface area contributed by atoms with Gasteiger partial charge in [-0.1, -0.05) is 26.0 Å². The minimum Gasteiger partial charge on any atom is -0.354 e. The summed E-state index contributed by atoms with van der Waals surface area (Å²) in [5, 5.41) is 5.13. The summed E-state index contributed by atoms with van der Waals surface area (Å²) < 4.78 is 0. The van der Waals surface area contributed by atoms with Crippen LogP contribution in [0.4, 0.5) is 11.8 Å². The van der Waals surface area contributed by atoms with Gasteiger partial charge in [0.1, 0.15) is 5.82 Å². The van der Waals surface area contributed by atoms with E-state index in [4.69, 9.17) is 4.98 Å². The average molecular weight is 302 g/mol. The minimum atomic E-state index is 0.652. The maximum absolute atomic E-state index is 4.79. The lowest BCUT2D eigenvalue weighted by molar-refractivity contribution is 0.772. The third kappa shape index (κ3) is 3.23. The maximum Gasteiger partial charge on any atom is 0.225 e. The van der Waals surface area contributed by atoms with Gasteiger partial charge in [0.25, 0.3) is 0 Å². The molecule has 1 aromatic heterocycles. The molecule has 1 saturated heterocycles. The van der Waals surface area contributed by atoms with E-state index in [0.29, 0.717) is 5.25 Å². The number of aromatic nitrogens is 2. The van der Waals surface area contributed by atoms with E-state index in [1.807, 2.05) is 17.8 Å². The van der Waals surface area contributed by atoms with Gasteiger partial charge in [-0.15, -0.1) is 0 Å². The van der Waals surface area contributed by atoms with Gasteiger partial charge in [-0.05, 0) is 18.6 Å². The lowest BCUT2D eigenvalue weighted by atomic mass is 10.2. The predicted octanol–water partition coefficient (Wildman–Crippen LogP) is 3.39. The molecule has 3 rings (SSSR count). The molecule has 0 spiro atoms. The summed E-state index contributed by atoms with van der Waals surface area (Å²) >= 11 is 2.04. The van der Waals surface area contributed by atoms with Crippen LogP contribution in [0.3, 0.4) is 0 Å². The fraction of sp³-hybridized carbons (Fsp3) is 0.500. The number of hydrogen-bond donors (Lipinski definition) is 1. The first-order valence-electron chi connectivity index (χ1n) is 7.65. The van der Waals surface area contributed by atoms with Gasteiger partial charge < -0.3 is 10.2 Å². The van der Waals surface area contributed by atoms with E-state index in [2.05, 4.69) is 47.2 Å². The normalized spacial score (nSPS) is 19.0. The molecule has 2 aromatic rings. The monoisotopic (exact) mass is 302 g/mol.